The van der Waals surface area contributed by atoms with Crippen molar-refractivity contribution in [3.05, 3.63) is 41.0 Å². The third-order valence-corrected chi connectivity index (χ3v) is 8.06. The van der Waals surface area contributed by atoms with E-state index in [1.807, 2.05) is 18.2 Å². The van der Waals surface area contributed by atoms with Gasteiger partial charge in [-0.05, 0) is 41.0 Å². The summed E-state index contributed by atoms with van der Waals surface area (Å²) >= 11 is 0. The van der Waals surface area contributed by atoms with Gasteiger partial charge in [0.25, 0.3) is 0 Å². The van der Waals surface area contributed by atoms with Crippen LogP contribution in [0.2, 0.25) is 0 Å². The number of hydrogen-bond acceptors (Lipinski definition) is 14. The fourth-order valence-corrected chi connectivity index (χ4v) is 5.90. The van der Waals surface area contributed by atoms with Gasteiger partial charge in [-0.3, -0.25) is 4.79 Å². The summed E-state index contributed by atoms with van der Waals surface area (Å²) < 4.78 is 37.5. The molecule has 0 spiro atoms. The molecule has 0 aromatic heterocycles. The summed E-state index contributed by atoms with van der Waals surface area (Å²) in [6, 6.07) is 7.31. The van der Waals surface area contributed by atoms with Crippen LogP contribution in [0.3, 0.4) is 0 Å². The molecule has 6 N–H and O–H groups in total. The SMILES string of the molecule is COc1cc([C@@H]2c3cc4c(cc3[C@H](O)[C@H]3COC(=O)[C@H]23)OCO4)cc(OC)c1OC.OC[C@H]1OC(O)[C@H](O)[C@@H](O)[C@H]1O. The molecule has 4 aliphatic rings. The summed E-state index contributed by atoms with van der Waals surface area (Å²) in [5.74, 6) is 0.989. The summed E-state index contributed by atoms with van der Waals surface area (Å²) in [5.41, 5.74) is 2.30. The topological polar surface area (TPSA) is 203 Å². The van der Waals surface area contributed by atoms with Crippen LogP contribution in [-0.4, -0.2) is 109 Å². The van der Waals surface area contributed by atoms with E-state index in [2.05, 4.69) is 4.74 Å². The lowest BCUT2D eigenvalue weighted by Crippen LogP contribution is -2.58. The molecule has 0 saturated carbocycles. The number of methoxy groups -OCH3 is 3. The molecule has 2 fully saturated rings. The van der Waals surface area contributed by atoms with E-state index in [4.69, 9.17) is 54.0 Å². The van der Waals surface area contributed by atoms with Crippen molar-refractivity contribution in [2.24, 2.45) is 11.8 Å². The van der Waals surface area contributed by atoms with Gasteiger partial charge in [-0.15, -0.1) is 0 Å². The molecule has 2 aromatic rings. The summed E-state index contributed by atoms with van der Waals surface area (Å²) in [6.07, 6.45) is -7.88. The summed E-state index contributed by atoms with van der Waals surface area (Å²) in [7, 11) is 4.63. The van der Waals surface area contributed by atoms with Gasteiger partial charge in [0, 0.05) is 11.8 Å². The maximum atomic E-state index is 12.7. The second kappa shape index (κ2) is 12.1. The number of cyclic esters (lactones) is 1. The average molecular weight is 595 g/mol. The second-order valence-corrected chi connectivity index (χ2v) is 10.3. The Kier molecular flexibility index (Phi) is 8.66. The molecule has 3 aliphatic heterocycles. The molecule has 0 bridgehead atoms. The van der Waals surface area contributed by atoms with Crippen molar-refractivity contribution in [1.29, 1.82) is 0 Å². The van der Waals surface area contributed by atoms with Gasteiger partial charge in [0.1, 0.15) is 24.4 Å². The highest BCUT2D eigenvalue weighted by Crippen LogP contribution is 2.55. The second-order valence-electron chi connectivity index (χ2n) is 10.3. The summed E-state index contributed by atoms with van der Waals surface area (Å²) in [6.45, 7) is -0.237. The number of esters is 1. The number of ether oxygens (including phenoxy) is 7. The van der Waals surface area contributed by atoms with Gasteiger partial charge in [-0.2, -0.15) is 0 Å². The number of aliphatic hydroxyl groups is 6. The number of aliphatic hydroxyl groups excluding tert-OH is 6. The van der Waals surface area contributed by atoms with E-state index in [9.17, 15) is 9.90 Å². The maximum absolute atomic E-state index is 12.7. The molecular formula is C28H34O14. The van der Waals surface area contributed by atoms with Crippen LogP contribution in [0.5, 0.6) is 28.7 Å². The Labute approximate surface area is 240 Å². The lowest BCUT2D eigenvalue weighted by atomic mass is 9.66. The van der Waals surface area contributed by atoms with E-state index in [1.54, 1.807) is 20.3 Å². The van der Waals surface area contributed by atoms with E-state index in [-0.39, 0.29) is 31.2 Å². The zero-order chi connectivity index (χ0) is 30.3. The Morgan fingerprint density at radius 2 is 1.43 bits per heavy atom. The average Bonchev–Trinajstić information content (AvgIpc) is 3.63. The number of rotatable bonds is 5. The Hall–Kier alpha value is -3.37. The standard InChI is InChI=1S/C22H22O8.C6H12O6/c1-25-16-4-10(5-17(26-2)21(16)27-3)18-11-6-14-15(30-9-29-14)7-12(11)20(23)13-8-28-22(24)19(13)18;7-1-2-3(8)4(9)5(10)6(11)12-2/h4-7,13,18-20,23H,8-9H2,1-3H3;2-11H,1H2/t13-,18+,19-,20-;2-,3+,4+,5-,6?/m01/s1. The first-order valence-electron chi connectivity index (χ1n) is 13.2. The van der Waals surface area contributed by atoms with Crippen LogP contribution in [0.4, 0.5) is 0 Å². The number of carbonyl (C=O) groups excluding carboxylic acids is 1. The number of benzene rings is 2. The Morgan fingerprint density at radius 3 is 2.00 bits per heavy atom. The highest BCUT2D eigenvalue weighted by atomic mass is 16.7. The third kappa shape index (κ3) is 5.08. The Bertz CT molecular complexity index is 1270. The molecular weight excluding hydrogens is 560 g/mol. The molecule has 14 nitrogen and oxygen atoms in total. The van der Waals surface area contributed by atoms with E-state index >= 15 is 0 Å². The predicted octanol–water partition coefficient (Wildman–Crippen LogP) is -0.812. The van der Waals surface area contributed by atoms with Crippen molar-refractivity contribution in [2.75, 3.05) is 41.3 Å². The quantitative estimate of drug-likeness (QED) is 0.235. The summed E-state index contributed by atoms with van der Waals surface area (Å²) in [4.78, 5) is 12.7. The minimum atomic E-state index is -1.57. The first-order valence-corrected chi connectivity index (χ1v) is 13.2. The van der Waals surface area contributed by atoms with Crippen molar-refractivity contribution >= 4 is 5.97 Å². The molecule has 0 amide bonds. The molecule has 6 rings (SSSR count). The molecule has 230 valence electrons. The van der Waals surface area contributed by atoms with Gasteiger partial charge in [0.2, 0.25) is 12.5 Å². The molecule has 42 heavy (non-hydrogen) atoms. The first kappa shape index (κ1) is 30.1. The monoisotopic (exact) mass is 594 g/mol. The number of hydrogen-bond donors (Lipinski definition) is 6. The van der Waals surface area contributed by atoms with Crippen molar-refractivity contribution in [2.45, 2.75) is 42.7 Å². The van der Waals surface area contributed by atoms with Crippen LogP contribution >= 0.6 is 0 Å². The summed E-state index contributed by atoms with van der Waals surface area (Å²) in [5, 5.41) is 55.7. The van der Waals surface area contributed by atoms with E-state index < -0.39 is 49.3 Å². The molecule has 1 aliphatic carbocycles. The van der Waals surface area contributed by atoms with Gasteiger partial charge in [0.05, 0.1) is 46.6 Å². The maximum Gasteiger partial charge on any atom is 0.310 e. The van der Waals surface area contributed by atoms with Gasteiger partial charge < -0.3 is 63.8 Å². The normalized spacial score (nSPS) is 32.6. The Morgan fingerprint density at radius 1 is 0.810 bits per heavy atom. The van der Waals surface area contributed by atoms with E-state index in [0.29, 0.717) is 34.3 Å². The van der Waals surface area contributed by atoms with Crippen LogP contribution in [0, 0.1) is 11.8 Å². The van der Waals surface area contributed by atoms with Crippen LogP contribution < -0.4 is 23.7 Å². The molecule has 1 unspecified atom stereocenters. The van der Waals surface area contributed by atoms with Crippen LogP contribution in [-0.2, 0) is 14.3 Å². The number of carbonyl (C=O) groups is 1. The van der Waals surface area contributed by atoms with Crippen molar-refractivity contribution < 1.29 is 68.6 Å². The number of fused-ring (bicyclic) bond motifs is 3. The van der Waals surface area contributed by atoms with Crippen LogP contribution in [0.1, 0.15) is 28.7 Å². The molecule has 2 aromatic carbocycles. The Balaban J connectivity index is 0.000000248. The first-order chi connectivity index (χ1) is 20.1. The molecule has 9 atom stereocenters. The minimum absolute atomic E-state index is 0.123. The highest BCUT2D eigenvalue weighted by molar-refractivity contribution is 5.79. The fraction of sp³-hybridized carbons (Fsp3) is 0.536. The largest absolute Gasteiger partial charge is 0.493 e. The van der Waals surface area contributed by atoms with Crippen molar-refractivity contribution in [3.63, 3.8) is 0 Å². The predicted molar refractivity (Wildman–Crippen MR) is 139 cm³/mol. The smallest absolute Gasteiger partial charge is 0.310 e. The van der Waals surface area contributed by atoms with Gasteiger partial charge in [-0.1, -0.05) is 0 Å². The van der Waals surface area contributed by atoms with E-state index in [1.165, 1.54) is 7.11 Å². The zero-order valence-electron chi connectivity index (χ0n) is 23.1. The van der Waals surface area contributed by atoms with Crippen molar-refractivity contribution in [3.8, 4) is 28.7 Å². The highest BCUT2D eigenvalue weighted by Gasteiger charge is 2.52. The minimum Gasteiger partial charge on any atom is -0.493 e. The van der Waals surface area contributed by atoms with E-state index in [0.717, 1.165) is 11.1 Å². The van der Waals surface area contributed by atoms with Gasteiger partial charge >= 0.3 is 5.97 Å². The third-order valence-electron chi connectivity index (χ3n) is 8.06. The van der Waals surface area contributed by atoms with Crippen LogP contribution in [0.15, 0.2) is 24.3 Å². The van der Waals surface area contributed by atoms with Crippen molar-refractivity contribution in [1.82, 2.24) is 0 Å². The van der Waals surface area contributed by atoms with Gasteiger partial charge in [0.15, 0.2) is 29.3 Å². The van der Waals surface area contributed by atoms with Gasteiger partial charge in [-0.25, -0.2) is 0 Å². The molecule has 3 heterocycles. The fourth-order valence-electron chi connectivity index (χ4n) is 5.90. The van der Waals surface area contributed by atoms with Crippen LogP contribution in [0.25, 0.3) is 0 Å². The zero-order valence-corrected chi connectivity index (χ0v) is 23.1. The lowest BCUT2D eigenvalue weighted by Gasteiger charge is -2.37. The molecule has 2 saturated heterocycles. The molecule has 14 heteroatoms. The molecule has 0 radical (unpaired) electrons. The lowest BCUT2D eigenvalue weighted by molar-refractivity contribution is -0.286.